The highest BCUT2D eigenvalue weighted by Gasteiger charge is 2.28. The van der Waals surface area contributed by atoms with Gasteiger partial charge in [-0.25, -0.2) is 9.37 Å². The molecule has 0 spiro atoms. The van der Waals surface area contributed by atoms with Crippen LogP contribution < -0.4 is 4.90 Å². The molecule has 1 aliphatic heterocycles. The molecule has 1 aliphatic rings. The number of anilines is 1. The van der Waals surface area contributed by atoms with Gasteiger partial charge in [-0.1, -0.05) is 36.0 Å². The molecule has 3 aromatic rings. The Hall–Kier alpha value is -2.60. The van der Waals surface area contributed by atoms with Crippen LogP contribution in [0, 0.1) is 5.82 Å². The highest BCUT2D eigenvalue weighted by atomic mass is 32.2. The van der Waals surface area contributed by atoms with Crippen molar-refractivity contribution in [2.24, 2.45) is 0 Å². The molecule has 138 valence electrons. The Balaban J connectivity index is 1.52. The summed E-state index contributed by atoms with van der Waals surface area (Å²) in [6.45, 7) is 2.09. The lowest BCUT2D eigenvalue weighted by molar-refractivity contribution is -0.116. The number of halogens is 1. The van der Waals surface area contributed by atoms with Gasteiger partial charge >= 0.3 is 0 Å². The van der Waals surface area contributed by atoms with Gasteiger partial charge in [-0.15, -0.1) is 0 Å². The van der Waals surface area contributed by atoms with Crippen molar-refractivity contribution in [3.63, 3.8) is 0 Å². The quantitative estimate of drug-likeness (QED) is 0.626. The van der Waals surface area contributed by atoms with Crippen LogP contribution in [0.15, 0.2) is 66.1 Å². The molecule has 1 amide bonds. The van der Waals surface area contributed by atoms with Crippen LogP contribution in [0.5, 0.6) is 0 Å². The Labute approximate surface area is 162 Å². The average Bonchev–Trinajstić information content (AvgIpc) is 3.14. The average molecular weight is 381 g/mol. The van der Waals surface area contributed by atoms with Crippen molar-refractivity contribution < 1.29 is 9.18 Å². The highest BCUT2D eigenvalue weighted by Crippen LogP contribution is 2.31. The van der Waals surface area contributed by atoms with E-state index in [2.05, 4.69) is 18.0 Å². The summed E-state index contributed by atoms with van der Waals surface area (Å²) in [5.41, 5.74) is 2.92. The van der Waals surface area contributed by atoms with E-state index in [0.717, 1.165) is 18.5 Å². The molecular formula is C21H20FN3OS. The van der Waals surface area contributed by atoms with Gasteiger partial charge in [-0.2, -0.15) is 0 Å². The van der Waals surface area contributed by atoms with E-state index in [1.165, 1.54) is 29.5 Å². The fraction of sp³-hybridized carbons (Fsp3) is 0.238. The standard InChI is InChI=1S/C21H20FN3OS/c1-15-9-10-16-5-2-3-8-19(16)25(15)20(26)14-27-21-23-11-12-24(21)18-7-4-6-17(22)13-18/h2-8,11-13,15H,9-10,14H2,1H3. The molecule has 1 aromatic heterocycles. The fourth-order valence-corrected chi connectivity index (χ4v) is 4.32. The van der Waals surface area contributed by atoms with Crippen LogP contribution in [-0.4, -0.2) is 27.3 Å². The van der Waals surface area contributed by atoms with Gasteiger partial charge in [0.05, 0.1) is 11.4 Å². The van der Waals surface area contributed by atoms with Crippen molar-refractivity contribution in [1.29, 1.82) is 0 Å². The number of hydrogen-bond donors (Lipinski definition) is 0. The van der Waals surface area contributed by atoms with Gasteiger partial charge in [0.15, 0.2) is 5.16 Å². The Kier molecular flexibility index (Phi) is 4.99. The molecule has 0 saturated heterocycles. The Bertz CT molecular complexity index is 971. The van der Waals surface area contributed by atoms with E-state index in [-0.39, 0.29) is 23.5 Å². The first kappa shape index (κ1) is 17.8. The first-order valence-corrected chi connectivity index (χ1v) is 9.94. The third-order valence-electron chi connectivity index (χ3n) is 4.81. The summed E-state index contributed by atoms with van der Waals surface area (Å²) >= 11 is 1.37. The zero-order valence-electron chi connectivity index (χ0n) is 15.0. The number of amides is 1. The van der Waals surface area contributed by atoms with Crippen LogP contribution in [0.2, 0.25) is 0 Å². The summed E-state index contributed by atoms with van der Waals surface area (Å²) in [4.78, 5) is 19.2. The molecule has 0 radical (unpaired) electrons. The van der Waals surface area contributed by atoms with Crippen molar-refractivity contribution in [1.82, 2.24) is 9.55 Å². The van der Waals surface area contributed by atoms with Crippen molar-refractivity contribution in [3.05, 3.63) is 72.3 Å². The lowest BCUT2D eigenvalue weighted by Crippen LogP contribution is -2.43. The van der Waals surface area contributed by atoms with Gasteiger partial charge < -0.3 is 4.90 Å². The van der Waals surface area contributed by atoms with Crippen molar-refractivity contribution >= 4 is 23.4 Å². The lowest BCUT2D eigenvalue weighted by Gasteiger charge is -2.35. The molecule has 4 nitrogen and oxygen atoms in total. The Morgan fingerprint density at radius 3 is 2.96 bits per heavy atom. The molecule has 0 aliphatic carbocycles. The Morgan fingerprint density at radius 1 is 1.26 bits per heavy atom. The van der Waals surface area contributed by atoms with Crippen LogP contribution in [0.25, 0.3) is 5.69 Å². The van der Waals surface area contributed by atoms with E-state index in [9.17, 15) is 9.18 Å². The SMILES string of the molecule is CC1CCc2ccccc2N1C(=O)CSc1nccn1-c1cccc(F)c1. The van der Waals surface area contributed by atoms with Gasteiger partial charge in [0, 0.05) is 24.1 Å². The van der Waals surface area contributed by atoms with E-state index >= 15 is 0 Å². The van der Waals surface area contributed by atoms with E-state index in [0.29, 0.717) is 10.8 Å². The van der Waals surface area contributed by atoms with Crippen LogP contribution in [0.1, 0.15) is 18.9 Å². The van der Waals surface area contributed by atoms with E-state index < -0.39 is 0 Å². The number of carbonyl (C=O) groups excluding carboxylic acids is 1. The van der Waals surface area contributed by atoms with Crippen molar-refractivity contribution in [2.75, 3.05) is 10.7 Å². The first-order valence-electron chi connectivity index (χ1n) is 8.95. The second-order valence-corrected chi connectivity index (χ2v) is 7.57. The predicted molar refractivity (Wildman–Crippen MR) is 106 cm³/mol. The number of imidazole rings is 1. The summed E-state index contributed by atoms with van der Waals surface area (Å²) in [6.07, 6.45) is 5.40. The van der Waals surface area contributed by atoms with Gasteiger partial charge in [0.1, 0.15) is 5.82 Å². The number of benzene rings is 2. The molecule has 6 heteroatoms. The van der Waals surface area contributed by atoms with Crippen LogP contribution in [0.3, 0.4) is 0 Å². The highest BCUT2D eigenvalue weighted by molar-refractivity contribution is 7.99. The second-order valence-electron chi connectivity index (χ2n) is 6.63. The van der Waals surface area contributed by atoms with Crippen LogP contribution >= 0.6 is 11.8 Å². The maximum Gasteiger partial charge on any atom is 0.237 e. The summed E-state index contributed by atoms with van der Waals surface area (Å²) in [6, 6.07) is 14.6. The van der Waals surface area contributed by atoms with Gasteiger partial charge in [-0.3, -0.25) is 9.36 Å². The lowest BCUT2D eigenvalue weighted by atomic mass is 9.97. The number of thioether (sulfide) groups is 1. The summed E-state index contributed by atoms with van der Waals surface area (Å²) in [7, 11) is 0. The Morgan fingerprint density at radius 2 is 2.11 bits per heavy atom. The molecule has 2 heterocycles. The maximum absolute atomic E-state index is 13.5. The summed E-state index contributed by atoms with van der Waals surface area (Å²) in [5, 5.41) is 0.673. The largest absolute Gasteiger partial charge is 0.309 e. The van der Waals surface area contributed by atoms with Crippen molar-refractivity contribution in [2.45, 2.75) is 31.0 Å². The number of rotatable bonds is 4. The number of hydrogen-bond acceptors (Lipinski definition) is 3. The van der Waals surface area contributed by atoms with Crippen LogP contribution in [0.4, 0.5) is 10.1 Å². The molecule has 0 N–H and O–H groups in total. The minimum atomic E-state index is -0.299. The van der Waals surface area contributed by atoms with Gasteiger partial charge in [0.25, 0.3) is 0 Å². The number of para-hydroxylation sites is 1. The van der Waals surface area contributed by atoms with Gasteiger partial charge in [0.2, 0.25) is 5.91 Å². The molecular weight excluding hydrogens is 361 g/mol. The molecule has 0 saturated carbocycles. The van der Waals surface area contributed by atoms with E-state index in [4.69, 9.17) is 0 Å². The normalized spacial score (nSPS) is 16.2. The number of aryl methyl sites for hydroxylation is 1. The molecule has 27 heavy (non-hydrogen) atoms. The van der Waals surface area contributed by atoms with Crippen molar-refractivity contribution in [3.8, 4) is 5.69 Å². The predicted octanol–water partition coefficient (Wildman–Crippen LogP) is 4.47. The topological polar surface area (TPSA) is 38.1 Å². The molecule has 1 atom stereocenters. The maximum atomic E-state index is 13.5. The van der Waals surface area contributed by atoms with Gasteiger partial charge in [-0.05, 0) is 49.6 Å². The zero-order valence-corrected chi connectivity index (χ0v) is 15.8. The third-order valence-corrected chi connectivity index (χ3v) is 5.76. The smallest absolute Gasteiger partial charge is 0.237 e. The number of aromatic nitrogens is 2. The molecule has 4 rings (SSSR count). The molecule has 2 aromatic carbocycles. The summed E-state index contributed by atoms with van der Waals surface area (Å²) in [5.74, 6) is 0.0470. The number of nitrogens with zero attached hydrogens (tertiary/aromatic N) is 3. The monoisotopic (exact) mass is 381 g/mol. The fourth-order valence-electron chi connectivity index (χ4n) is 3.48. The van der Waals surface area contributed by atoms with E-state index in [1.54, 1.807) is 23.0 Å². The molecule has 0 fully saturated rings. The van der Waals surface area contributed by atoms with E-state index in [1.807, 2.05) is 29.2 Å². The minimum absolute atomic E-state index is 0.0634. The number of fused-ring (bicyclic) bond motifs is 1. The van der Waals surface area contributed by atoms with Crippen LogP contribution in [-0.2, 0) is 11.2 Å². The zero-order chi connectivity index (χ0) is 18.8. The second kappa shape index (κ2) is 7.56. The third kappa shape index (κ3) is 3.62. The molecule has 1 unspecified atom stereocenters. The summed E-state index contributed by atoms with van der Waals surface area (Å²) < 4.78 is 15.3. The minimum Gasteiger partial charge on any atom is -0.309 e. The number of carbonyl (C=O) groups is 1. The molecule has 0 bridgehead atoms. The first-order chi connectivity index (χ1) is 13.1.